The Morgan fingerprint density at radius 3 is 2.84 bits per heavy atom. The van der Waals surface area contributed by atoms with Gasteiger partial charge < -0.3 is 10.5 Å². The van der Waals surface area contributed by atoms with Gasteiger partial charge in [0, 0.05) is 18.8 Å². The van der Waals surface area contributed by atoms with Crippen LogP contribution in [0.1, 0.15) is 12.8 Å². The van der Waals surface area contributed by atoms with Crippen molar-refractivity contribution in [2.75, 3.05) is 25.5 Å². The topological polar surface area (TPSA) is 81.4 Å². The average Bonchev–Trinajstić information content (AvgIpc) is 2.37. The molecule has 1 fully saturated rings. The Balaban J connectivity index is 2.04. The van der Waals surface area contributed by atoms with Crippen molar-refractivity contribution in [3.05, 3.63) is 24.0 Å². The molecule has 0 amide bonds. The first kappa shape index (κ1) is 14.2. The zero-order valence-electron chi connectivity index (χ0n) is 10.4. The van der Waals surface area contributed by atoms with E-state index < -0.39 is 15.8 Å². The Labute approximate surface area is 112 Å². The van der Waals surface area contributed by atoms with Gasteiger partial charge in [-0.3, -0.25) is 0 Å². The van der Waals surface area contributed by atoms with Crippen LogP contribution in [0.25, 0.3) is 0 Å². The number of halogens is 1. The molecule has 1 atom stereocenters. The van der Waals surface area contributed by atoms with Crippen LogP contribution >= 0.6 is 0 Å². The molecule has 19 heavy (non-hydrogen) atoms. The fraction of sp³-hybridized carbons (Fsp3) is 0.500. The summed E-state index contributed by atoms with van der Waals surface area (Å²) in [4.78, 5) is -0.151. The SMILES string of the molecule is Nc1cc(F)cc(S(=O)(=O)NCC2CCCOC2)c1. The third kappa shape index (κ3) is 3.89. The number of benzene rings is 1. The van der Waals surface area contributed by atoms with Gasteiger partial charge in [-0.05, 0) is 37.0 Å². The summed E-state index contributed by atoms with van der Waals surface area (Å²) in [6.07, 6.45) is 1.85. The lowest BCUT2D eigenvalue weighted by Gasteiger charge is -2.22. The van der Waals surface area contributed by atoms with Gasteiger partial charge in [0.1, 0.15) is 5.82 Å². The fourth-order valence-corrected chi connectivity index (χ4v) is 3.20. The van der Waals surface area contributed by atoms with Gasteiger partial charge in [-0.1, -0.05) is 0 Å². The molecular formula is C12H17FN2O3S. The predicted molar refractivity (Wildman–Crippen MR) is 69.5 cm³/mol. The highest BCUT2D eigenvalue weighted by molar-refractivity contribution is 7.89. The first-order chi connectivity index (χ1) is 8.97. The van der Waals surface area contributed by atoms with E-state index in [0.717, 1.165) is 31.6 Å². The highest BCUT2D eigenvalue weighted by Crippen LogP contribution is 2.17. The number of nitrogens with one attached hydrogen (secondary N) is 1. The van der Waals surface area contributed by atoms with Crippen LogP contribution in [-0.2, 0) is 14.8 Å². The lowest BCUT2D eigenvalue weighted by molar-refractivity contribution is 0.0568. The average molecular weight is 288 g/mol. The van der Waals surface area contributed by atoms with Crippen LogP contribution in [0.4, 0.5) is 10.1 Å². The summed E-state index contributed by atoms with van der Waals surface area (Å²) in [7, 11) is -3.73. The van der Waals surface area contributed by atoms with Crippen LogP contribution in [0.15, 0.2) is 23.1 Å². The summed E-state index contributed by atoms with van der Waals surface area (Å²) < 4.78 is 44.9. The number of hydrogen-bond acceptors (Lipinski definition) is 4. The minimum absolute atomic E-state index is 0.0846. The van der Waals surface area contributed by atoms with Crippen LogP contribution in [0.5, 0.6) is 0 Å². The van der Waals surface area contributed by atoms with Crippen molar-refractivity contribution >= 4 is 15.7 Å². The minimum Gasteiger partial charge on any atom is -0.399 e. The maximum atomic E-state index is 13.2. The molecule has 1 saturated heterocycles. The molecule has 3 N–H and O–H groups in total. The van der Waals surface area contributed by atoms with Crippen LogP contribution < -0.4 is 10.5 Å². The van der Waals surface area contributed by atoms with E-state index in [-0.39, 0.29) is 16.5 Å². The fourth-order valence-electron chi connectivity index (χ4n) is 2.02. The van der Waals surface area contributed by atoms with E-state index in [1.54, 1.807) is 0 Å². The van der Waals surface area contributed by atoms with Crippen molar-refractivity contribution in [2.24, 2.45) is 5.92 Å². The van der Waals surface area contributed by atoms with Gasteiger partial charge in [-0.2, -0.15) is 0 Å². The number of sulfonamides is 1. The monoisotopic (exact) mass is 288 g/mol. The number of anilines is 1. The van der Waals surface area contributed by atoms with Crippen molar-refractivity contribution in [3.63, 3.8) is 0 Å². The molecule has 1 aliphatic heterocycles. The number of nitrogen functional groups attached to an aromatic ring is 1. The Bertz CT molecular complexity index is 522. The van der Waals surface area contributed by atoms with Crippen molar-refractivity contribution in [1.82, 2.24) is 4.72 Å². The van der Waals surface area contributed by atoms with Crippen molar-refractivity contribution in [2.45, 2.75) is 17.7 Å². The first-order valence-corrected chi connectivity index (χ1v) is 7.59. The predicted octanol–water partition coefficient (Wildman–Crippen LogP) is 1.11. The van der Waals surface area contributed by atoms with E-state index in [4.69, 9.17) is 10.5 Å². The molecule has 7 heteroatoms. The maximum Gasteiger partial charge on any atom is 0.240 e. The molecule has 5 nitrogen and oxygen atoms in total. The van der Waals surface area contributed by atoms with Crippen molar-refractivity contribution in [3.8, 4) is 0 Å². The summed E-state index contributed by atoms with van der Waals surface area (Å²) >= 11 is 0. The summed E-state index contributed by atoms with van der Waals surface area (Å²) in [6.45, 7) is 1.57. The van der Waals surface area contributed by atoms with Gasteiger partial charge >= 0.3 is 0 Å². The van der Waals surface area contributed by atoms with E-state index in [1.165, 1.54) is 6.07 Å². The largest absolute Gasteiger partial charge is 0.399 e. The van der Waals surface area contributed by atoms with E-state index in [2.05, 4.69) is 4.72 Å². The third-order valence-electron chi connectivity index (χ3n) is 3.02. The molecule has 0 bridgehead atoms. The Morgan fingerprint density at radius 1 is 1.42 bits per heavy atom. The van der Waals surface area contributed by atoms with Gasteiger partial charge in [-0.25, -0.2) is 17.5 Å². The number of hydrogen-bond donors (Lipinski definition) is 2. The Kier molecular flexibility index (Phi) is 4.38. The quantitative estimate of drug-likeness (QED) is 0.813. The van der Waals surface area contributed by atoms with E-state index >= 15 is 0 Å². The second kappa shape index (κ2) is 5.85. The highest BCUT2D eigenvalue weighted by atomic mass is 32.2. The van der Waals surface area contributed by atoms with Gasteiger partial charge in [-0.15, -0.1) is 0 Å². The normalized spacial score (nSPS) is 20.4. The summed E-state index contributed by atoms with van der Waals surface area (Å²) in [5.74, 6) is -0.504. The van der Waals surface area contributed by atoms with Crippen molar-refractivity contribution in [1.29, 1.82) is 0 Å². The molecule has 0 saturated carbocycles. The van der Waals surface area contributed by atoms with E-state index in [0.29, 0.717) is 13.2 Å². The molecule has 1 heterocycles. The molecule has 0 aromatic heterocycles. The molecule has 1 unspecified atom stereocenters. The minimum atomic E-state index is -3.73. The first-order valence-electron chi connectivity index (χ1n) is 6.11. The molecule has 1 aromatic carbocycles. The summed E-state index contributed by atoms with van der Waals surface area (Å²) in [5, 5.41) is 0. The van der Waals surface area contributed by atoms with Gasteiger partial charge in [0.25, 0.3) is 0 Å². The van der Waals surface area contributed by atoms with Crippen LogP contribution in [0.3, 0.4) is 0 Å². The second-order valence-electron chi connectivity index (χ2n) is 4.66. The number of ether oxygens (including phenoxy) is 1. The molecule has 0 spiro atoms. The molecule has 2 rings (SSSR count). The van der Waals surface area contributed by atoms with Crippen LogP contribution in [0, 0.1) is 11.7 Å². The molecule has 0 aliphatic carbocycles. The van der Waals surface area contributed by atoms with Gasteiger partial charge in [0.2, 0.25) is 10.0 Å². The Morgan fingerprint density at radius 2 is 2.21 bits per heavy atom. The third-order valence-corrected chi connectivity index (χ3v) is 4.42. The zero-order valence-corrected chi connectivity index (χ0v) is 11.2. The second-order valence-corrected chi connectivity index (χ2v) is 6.42. The van der Waals surface area contributed by atoms with Gasteiger partial charge in [0.15, 0.2) is 0 Å². The Hall–Kier alpha value is -1.18. The standard InChI is InChI=1S/C12H17FN2O3S/c13-10-4-11(14)6-12(5-10)19(16,17)15-7-9-2-1-3-18-8-9/h4-6,9,15H,1-3,7-8,14H2. The lowest BCUT2D eigenvalue weighted by Crippen LogP contribution is -2.33. The van der Waals surface area contributed by atoms with Crippen LogP contribution in [-0.4, -0.2) is 28.2 Å². The molecule has 1 aliphatic rings. The number of nitrogens with two attached hydrogens (primary N) is 1. The molecule has 106 valence electrons. The van der Waals surface area contributed by atoms with E-state index in [1.807, 2.05) is 0 Å². The number of rotatable bonds is 4. The summed E-state index contributed by atoms with van der Waals surface area (Å²) in [5.41, 5.74) is 5.53. The summed E-state index contributed by atoms with van der Waals surface area (Å²) in [6, 6.07) is 3.27. The van der Waals surface area contributed by atoms with Gasteiger partial charge in [0.05, 0.1) is 11.5 Å². The highest BCUT2D eigenvalue weighted by Gasteiger charge is 2.20. The van der Waals surface area contributed by atoms with E-state index in [9.17, 15) is 12.8 Å². The zero-order chi connectivity index (χ0) is 13.9. The molecule has 0 radical (unpaired) electrons. The lowest BCUT2D eigenvalue weighted by atomic mass is 10.0. The van der Waals surface area contributed by atoms with Crippen LogP contribution in [0.2, 0.25) is 0 Å². The molecular weight excluding hydrogens is 271 g/mol. The maximum absolute atomic E-state index is 13.2. The van der Waals surface area contributed by atoms with Crippen molar-refractivity contribution < 1.29 is 17.5 Å². The smallest absolute Gasteiger partial charge is 0.240 e. The molecule has 1 aromatic rings.